The van der Waals surface area contributed by atoms with Crippen molar-refractivity contribution in [2.75, 3.05) is 0 Å². The summed E-state index contributed by atoms with van der Waals surface area (Å²) in [5, 5.41) is 0. The predicted molar refractivity (Wildman–Crippen MR) is 78.6 cm³/mol. The van der Waals surface area contributed by atoms with Gasteiger partial charge in [-0.1, -0.05) is 12.7 Å². The molecule has 0 heterocycles. The number of benzene rings is 1. The highest BCUT2D eigenvalue weighted by molar-refractivity contribution is 7.84. The van der Waals surface area contributed by atoms with E-state index >= 15 is 0 Å². The fourth-order valence-electron chi connectivity index (χ4n) is 2.24. The molecule has 0 saturated carbocycles. The predicted octanol–water partition coefficient (Wildman–Crippen LogP) is 3.51. The van der Waals surface area contributed by atoms with Gasteiger partial charge in [-0.15, -0.1) is 0 Å². The first-order valence-electron chi connectivity index (χ1n) is 6.45. The van der Waals surface area contributed by atoms with Crippen LogP contribution in [0.5, 0.6) is 0 Å². The third kappa shape index (κ3) is 2.95. The second kappa shape index (κ2) is 5.17. The lowest BCUT2D eigenvalue weighted by molar-refractivity contribution is 0.595. The molecule has 19 heavy (non-hydrogen) atoms. The van der Waals surface area contributed by atoms with E-state index in [9.17, 15) is 8.60 Å². The molecule has 2 nitrogen and oxygen atoms in total. The standard InChI is InChI=1S/C15H20FNOS/c1-5-10-8-12-11(13(16)9-10)6-7-14(12)17-19(18)15(2,3)4/h5,8-9,14,17H,1,6-7H2,2-4H3/t14-,19-/m1/s1. The molecule has 1 aromatic carbocycles. The maximum absolute atomic E-state index is 13.9. The van der Waals surface area contributed by atoms with Crippen LogP contribution < -0.4 is 4.72 Å². The normalized spacial score (nSPS) is 20.1. The summed E-state index contributed by atoms with van der Waals surface area (Å²) in [6.45, 7) is 9.45. The van der Waals surface area contributed by atoms with Crippen LogP contribution in [0.3, 0.4) is 0 Å². The minimum Gasteiger partial charge on any atom is -0.242 e. The first kappa shape index (κ1) is 14.4. The van der Waals surface area contributed by atoms with Crippen LogP contribution >= 0.6 is 0 Å². The Bertz CT molecular complexity index is 534. The fraction of sp³-hybridized carbons (Fsp3) is 0.467. The third-order valence-corrected chi connectivity index (χ3v) is 4.96. The number of fused-ring (bicyclic) bond motifs is 1. The van der Waals surface area contributed by atoms with Gasteiger partial charge < -0.3 is 0 Å². The van der Waals surface area contributed by atoms with Gasteiger partial charge in [0.1, 0.15) is 5.82 Å². The second-order valence-corrected chi connectivity index (χ2v) is 7.86. The quantitative estimate of drug-likeness (QED) is 0.902. The molecule has 4 heteroatoms. The average molecular weight is 281 g/mol. The fourth-order valence-corrected chi connectivity index (χ4v) is 3.10. The van der Waals surface area contributed by atoms with Crippen LogP contribution in [-0.4, -0.2) is 8.96 Å². The van der Waals surface area contributed by atoms with Crippen molar-refractivity contribution in [3.8, 4) is 0 Å². The monoisotopic (exact) mass is 281 g/mol. The van der Waals surface area contributed by atoms with Gasteiger partial charge in [-0.3, -0.25) is 0 Å². The molecule has 104 valence electrons. The summed E-state index contributed by atoms with van der Waals surface area (Å²) in [6, 6.07) is 3.41. The van der Waals surface area contributed by atoms with Gasteiger partial charge in [0.15, 0.2) is 0 Å². The van der Waals surface area contributed by atoms with E-state index in [1.807, 2.05) is 26.8 Å². The van der Waals surface area contributed by atoms with E-state index in [-0.39, 0.29) is 16.6 Å². The summed E-state index contributed by atoms with van der Waals surface area (Å²) >= 11 is 0. The first-order valence-corrected chi connectivity index (χ1v) is 7.60. The van der Waals surface area contributed by atoms with Crippen molar-refractivity contribution in [2.45, 2.75) is 44.4 Å². The zero-order chi connectivity index (χ0) is 14.2. The molecule has 0 spiro atoms. The van der Waals surface area contributed by atoms with Gasteiger partial charge in [0.25, 0.3) is 0 Å². The van der Waals surface area contributed by atoms with Crippen LogP contribution in [0.15, 0.2) is 18.7 Å². The van der Waals surface area contributed by atoms with Crippen LogP contribution in [0.4, 0.5) is 4.39 Å². The lowest BCUT2D eigenvalue weighted by Crippen LogP contribution is -2.35. The van der Waals surface area contributed by atoms with E-state index in [4.69, 9.17) is 0 Å². The van der Waals surface area contributed by atoms with Crippen molar-refractivity contribution in [1.29, 1.82) is 0 Å². The van der Waals surface area contributed by atoms with Gasteiger partial charge in [-0.05, 0) is 62.4 Å². The number of hydrogen-bond donors (Lipinski definition) is 1. The van der Waals surface area contributed by atoms with E-state index in [1.54, 1.807) is 6.08 Å². The summed E-state index contributed by atoms with van der Waals surface area (Å²) in [4.78, 5) is 0. The van der Waals surface area contributed by atoms with Gasteiger partial charge in [-0.25, -0.2) is 13.3 Å². The summed E-state index contributed by atoms with van der Waals surface area (Å²) in [5.74, 6) is -0.182. The van der Waals surface area contributed by atoms with Crippen molar-refractivity contribution >= 4 is 17.1 Å². The molecular formula is C15H20FNOS. The zero-order valence-corrected chi connectivity index (χ0v) is 12.4. The molecule has 1 N–H and O–H groups in total. The van der Waals surface area contributed by atoms with Gasteiger partial charge >= 0.3 is 0 Å². The van der Waals surface area contributed by atoms with Gasteiger partial charge in [0, 0.05) is 6.04 Å². The number of hydrogen-bond acceptors (Lipinski definition) is 1. The molecule has 0 amide bonds. The van der Waals surface area contributed by atoms with Gasteiger partial charge in [-0.2, -0.15) is 0 Å². The largest absolute Gasteiger partial charge is 0.242 e. The maximum atomic E-state index is 13.9. The molecule has 0 aliphatic heterocycles. The van der Waals surface area contributed by atoms with Gasteiger partial charge in [0.2, 0.25) is 0 Å². The van der Waals surface area contributed by atoms with Gasteiger partial charge in [0.05, 0.1) is 15.7 Å². The molecule has 0 fully saturated rings. The molecule has 0 unspecified atom stereocenters. The smallest absolute Gasteiger partial charge is 0.127 e. The Kier molecular flexibility index (Phi) is 3.92. The highest BCUT2D eigenvalue weighted by Gasteiger charge is 2.29. The van der Waals surface area contributed by atoms with Crippen LogP contribution in [0.25, 0.3) is 6.08 Å². The Morgan fingerprint density at radius 1 is 1.47 bits per heavy atom. The molecule has 1 aromatic rings. The minimum atomic E-state index is -1.15. The third-order valence-electron chi connectivity index (χ3n) is 3.35. The molecule has 1 aliphatic rings. The summed E-state index contributed by atoms with van der Waals surface area (Å²) in [5.41, 5.74) is 2.44. The number of halogens is 1. The Hall–Kier alpha value is -1.00. The van der Waals surface area contributed by atoms with Crippen LogP contribution in [0.1, 0.15) is 49.9 Å². The molecule has 0 saturated heterocycles. The van der Waals surface area contributed by atoms with E-state index in [1.165, 1.54) is 6.07 Å². The number of rotatable bonds is 3. The van der Waals surface area contributed by atoms with Crippen LogP contribution in [0.2, 0.25) is 0 Å². The van der Waals surface area contributed by atoms with Crippen molar-refractivity contribution in [2.24, 2.45) is 0 Å². The second-order valence-electron chi connectivity index (χ2n) is 5.86. The molecular weight excluding hydrogens is 261 g/mol. The minimum absolute atomic E-state index is 0.0375. The Morgan fingerprint density at radius 3 is 2.74 bits per heavy atom. The topological polar surface area (TPSA) is 29.1 Å². The Morgan fingerprint density at radius 2 is 2.16 bits per heavy atom. The van der Waals surface area contributed by atoms with Crippen molar-refractivity contribution in [3.63, 3.8) is 0 Å². The van der Waals surface area contributed by atoms with Crippen LogP contribution in [0, 0.1) is 5.82 Å². The zero-order valence-electron chi connectivity index (χ0n) is 11.6. The van der Waals surface area contributed by atoms with Crippen LogP contribution in [-0.2, 0) is 17.4 Å². The molecule has 0 aromatic heterocycles. The van der Waals surface area contributed by atoms with Crippen molar-refractivity contribution < 1.29 is 8.60 Å². The van der Waals surface area contributed by atoms with Crippen molar-refractivity contribution in [1.82, 2.24) is 4.72 Å². The maximum Gasteiger partial charge on any atom is 0.127 e. The number of nitrogens with one attached hydrogen (secondary N) is 1. The SMILES string of the molecule is C=Cc1cc(F)c2c(c1)[C@H](N[S@](=O)C(C)(C)C)CC2. The Balaban J connectivity index is 2.29. The van der Waals surface area contributed by atoms with Crippen molar-refractivity contribution in [3.05, 3.63) is 41.2 Å². The van der Waals surface area contributed by atoms with E-state index in [0.29, 0.717) is 6.42 Å². The average Bonchev–Trinajstić information content (AvgIpc) is 2.71. The lowest BCUT2D eigenvalue weighted by Gasteiger charge is -2.22. The molecule has 1 aliphatic carbocycles. The summed E-state index contributed by atoms with van der Waals surface area (Å²) in [7, 11) is -1.15. The summed E-state index contributed by atoms with van der Waals surface area (Å²) in [6.07, 6.45) is 3.12. The highest BCUT2D eigenvalue weighted by Crippen LogP contribution is 2.34. The lowest BCUT2D eigenvalue weighted by atomic mass is 10.0. The van der Waals surface area contributed by atoms with E-state index in [0.717, 1.165) is 23.1 Å². The summed E-state index contributed by atoms with van der Waals surface area (Å²) < 4.78 is 28.9. The Labute approximate surface area is 116 Å². The highest BCUT2D eigenvalue weighted by atomic mass is 32.2. The molecule has 2 rings (SSSR count). The van der Waals surface area contributed by atoms with E-state index in [2.05, 4.69) is 11.3 Å². The first-order chi connectivity index (χ1) is 8.82. The van der Waals surface area contributed by atoms with E-state index < -0.39 is 11.0 Å². The molecule has 0 bridgehead atoms. The molecule has 2 atom stereocenters. The molecule has 0 radical (unpaired) electrons.